The van der Waals surface area contributed by atoms with Crippen LogP contribution in [0.15, 0.2) is 72.9 Å². The zero-order chi connectivity index (χ0) is 57.1. The first-order chi connectivity index (χ1) is 39.0. The first kappa shape index (κ1) is 75.8. The lowest BCUT2D eigenvalue weighted by atomic mass is 10.0. The third-order valence-corrected chi connectivity index (χ3v) is 15.2. The molecule has 1 unspecified atom stereocenters. The lowest BCUT2D eigenvalue weighted by Gasteiger charge is -2.18. The van der Waals surface area contributed by atoms with Crippen molar-refractivity contribution < 1.29 is 28.6 Å². The van der Waals surface area contributed by atoms with Crippen molar-refractivity contribution in [2.75, 3.05) is 13.2 Å². The highest BCUT2D eigenvalue weighted by atomic mass is 16.6. The fraction of sp³-hybridized carbons (Fsp3) is 0.795. The first-order valence-corrected chi connectivity index (χ1v) is 34.4. The largest absolute Gasteiger partial charge is 0.462 e. The molecule has 0 rings (SSSR count). The molecule has 0 spiro atoms. The number of allylic oxidation sites excluding steroid dienone is 12. The molecule has 458 valence electrons. The fourth-order valence-corrected chi connectivity index (χ4v) is 10.1. The molecule has 0 aliphatic heterocycles. The molecule has 79 heavy (non-hydrogen) atoms. The van der Waals surface area contributed by atoms with E-state index in [2.05, 4.69) is 93.7 Å². The third kappa shape index (κ3) is 65.5. The molecule has 0 saturated carbocycles. The smallest absolute Gasteiger partial charge is 0.306 e. The predicted molar refractivity (Wildman–Crippen MR) is 344 cm³/mol. The van der Waals surface area contributed by atoms with E-state index in [4.69, 9.17) is 14.2 Å². The Morgan fingerprint density at radius 3 is 0.797 bits per heavy atom. The Labute approximate surface area is 491 Å². The molecule has 0 aliphatic carbocycles. The van der Waals surface area contributed by atoms with E-state index in [9.17, 15) is 14.4 Å². The molecule has 0 N–H and O–H groups in total. The van der Waals surface area contributed by atoms with Crippen molar-refractivity contribution in [2.45, 2.75) is 361 Å². The molecule has 0 fully saturated rings. The van der Waals surface area contributed by atoms with Gasteiger partial charge in [0.2, 0.25) is 0 Å². The van der Waals surface area contributed by atoms with Gasteiger partial charge in [-0.15, -0.1) is 0 Å². The Hall–Kier alpha value is -3.15. The van der Waals surface area contributed by atoms with Crippen LogP contribution in [-0.2, 0) is 28.6 Å². The molecule has 0 amide bonds. The second-order valence-corrected chi connectivity index (χ2v) is 23.1. The van der Waals surface area contributed by atoms with E-state index in [1.165, 1.54) is 225 Å². The van der Waals surface area contributed by atoms with Crippen LogP contribution >= 0.6 is 0 Å². The van der Waals surface area contributed by atoms with E-state index >= 15 is 0 Å². The van der Waals surface area contributed by atoms with Crippen LogP contribution < -0.4 is 0 Å². The second-order valence-electron chi connectivity index (χ2n) is 23.1. The molecule has 0 bridgehead atoms. The molecular weight excluding hydrogens is 973 g/mol. The molecule has 0 heterocycles. The van der Waals surface area contributed by atoms with Gasteiger partial charge in [0.15, 0.2) is 6.10 Å². The van der Waals surface area contributed by atoms with Gasteiger partial charge in [0, 0.05) is 19.3 Å². The fourth-order valence-electron chi connectivity index (χ4n) is 10.1. The van der Waals surface area contributed by atoms with E-state index in [-0.39, 0.29) is 31.1 Å². The van der Waals surface area contributed by atoms with Gasteiger partial charge in [-0.1, -0.05) is 318 Å². The van der Waals surface area contributed by atoms with Crippen LogP contribution in [0.3, 0.4) is 0 Å². The Balaban J connectivity index is 4.22. The maximum atomic E-state index is 12.9. The highest BCUT2D eigenvalue weighted by molar-refractivity contribution is 5.71. The molecule has 0 aromatic heterocycles. The normalized spacial score (nSPS) is 12.5. The van der Waals surface area contributed by atoms with Gasteiger partial charge in [-0.3, -0.25) is 14.4 Å². The maximum absolute atomic E-state index is 12.9. The Morgan fingerprint density at radius 1 is 0.266 bits per heavy atom. The van der Waals surface area contributed by atoms with Gasteiger partial charge in [-0.25, -0.2) is 0 Å². The summed E-state index contributed by atoms with van der Waals surface area (Å²) in [6, 6.07) is 0. The van der Waals surface area contributed by atoms with Crippen molar-refractivity contribution in [3.05, 3.63) is 72.9 Å². The van der Waals surface area contributed by atoms with E-state index in [1.807, 2.05) is 0 Å². The zero-order valence-electron chi connectivity index (χ0n) is 52.6. The molecule has 0 aromatic rings. The van der Waals surface area contributed by atoms with Crippen LogP contribution in [0.1, 0.15) is 355 Å². The first-order valence-electron chi connectivity index (χ1n) is 34.4. The summed E-state index contributed by atoms with van der Waals surface area (Å²) < 4.78 is 17.0. The average Bonchev–Trinajstić information content (AvgIpc) is 3.45. The Bertz CT molecular complexity index is 1450. The topological polar surface area (TPSA) is 78.9 Å². The number of esters is 3. The molecule has 0 radical (unpaired) electrons. The summed E-state index contributed by atoms with van der Waals surface area (Å²) in [4.78, 5) is 38.4. The quantitative estimate of drug-likeness (QED) is 0.0261. The van der Waals surface area contributed by atoms with Crippen molar-refractivity contribution in [2.24, 2.45) is 0 Å². The summed E-state index contributed by atoms with van der Waals surface area (Å²) in [5.41, 5.74) is 0. The number of unbranched alkanes of at least 4 members (excludes halogenated alkanes) is 40. The molecule has 6 nitrogen and oxygen atoms in total. The van der Waals surface area contributed by atoms with Gasteiger partial charge in [0.1, 0.15) is 13.2 Å². The molecule has 0 saturated heterocycles. The van der Waals surface area contributed by atoms with Gasteiger partial charge in [0.25, 0.3) is 0 Å². The van der Waals surface area contributed by atoms with Crippen LogP contribution in [0.5, 0.6) is 0 Å². The summed E-state index contributed by atoms with van der Waals surface area (Å²) >= 11 is 0. The zero-order valence-corrected chi connectivity index (χ0v) is 52.6. The Kier molecular flexibility index (Phi) is 64.7. The van der Waals surface area contributed by atoms with Crippen molar-refractivity contribution in [3.63, 3.8) is 0 Å². The number of rotatable bonds is 63. The third-order valence-electron chi connectivity index (χ3n) is 15.2. The predicted octanol–water partition coefficient (Wildman–Crippen LogP) is 23.7. The van der Waals surface area contributed by atoms with E-state index in [1.54, 1.807) is 0 Å². The number of ether oxygens (including phenoxy) is 3. The minimum absolute atomic E-state index is 0.0717. The second kappa shape index (κ2) is 67.4. The minimum atomic E-state index is -0.775. The van der Waals surface area contributed by atoms with Gasteiger partial charge >= 0.3 is 17.9 Å². The van der Waals surface area contributed by atoms with Gasteiger partial charge < -0.3 is 14.2 Å². The number of carbonyl (C=O) groups is 3. The summed E-state index contributed by atoms with van der Waals surface area (Å²) in [5, 5.41) is 0. The maximum Gasteiger partial charge on any atom is 0.306 e. The van der Waals surface area contributed by atoms with Crippen LogP contribution in [-0.4, -0.2) is 37.2 Å². The summed E-state index contributed by atoms with van der Waals surface area (Å²) in [5.74, 6) is -0.855. The van der Waals surface area contributed by atoms with Gasteiger partial charge in [0.05, 0.1) is 0 Å². The average molecular weight is 1100 g/mol. The van der Waals surface area contributed by atoms with Crippen molar-refractivity contribution in [3.8, 4) is 0 Å². The highest BCUT2D eigenvalue weighted by Crippen LogP contribution is 2.18. The molecule has 0 aliphatic rings. The number of carbonyl (C=O) groups excluding carboxylic acids is 3. The lowest BCUT2D eigenvalue weighted by Crippen LogP contribution is -2.30. The van der Waals surface area contributed by atoms with E-state index in [0.717, 1.165) is 89.9 Å². The van der Waals surface area contributed by atoms with Crippen molar-refractivity contribution >= 4 is 17.9 Å². The van der Waals surface area contributed by atoms with Crippen LogP contribution in [0.25, 0.3) is 0 Å². The van der Waals surface area contributed by atoms with Gasteiger partial charge in [-0.05, 0) is 89.9 Å². The molecule has 1 atom stereocenters. The molecule has 6 heteroatoms. The monoisotopic (exact) mass is 1100 g/mol. The van der Waals surface area contributed by atoms with Crippen LogP contribution in [0.4, 0.5) is 0 Å². The van der Waals surface area contributed by atoms with Gasteiger partial charge in [-0.2, -0.15) is 0 Å². The van der Waals surface area contributed by atoms with E-state index in [0.29, 0.717) is 19.3 Å². The lowest BCUT2D eigenvalue weighted by molar-refractivity contribution is -0.167. The SMILES string of the molecule is CC/C=C\C/C=C\C/C=C\C/C=C\CCCCCCCCCCCCCCCCCCC(=O)OCC(COC(=O)CCCCCCCCCCCCCCC)OC(=O)CCCCCCCCCCC/C=C\C/C=C\CCCCC. The number of hydrogen-bond donors (Lipinski definition) is 0. The molecular formula is C73H130O6. The summed E-state index contributed by atoms with van der Waals surface area (Å²) in [7, 11) is 0. The van der Waals surface area contributed by atoms with Crippen LogP contribution in [0.2, 0.25) is 0 Å². The standard InChI is InChI=1S/C73H130O6/c1-4-7-10-13-16-19-22-25-27-29-31-32-33-34-35-36-37-38-39-40-42-43-45-48-51-54-57-60-63-66-72(75)78-69-70(68-77-71(74)65-62-59-56-53-50-47-24-21-18-15-12-9-6-3)79-73(76)67-64-61-58-55-52-49-46-44-41-30-28-26-23-20-17-14-11-8-5-2/h7,10,16-17,19-20,25-28,31-32,70H,4-6,8-9,11-15,18,21-24,29-30,33-69H2,1-3H3/b10-7-,19-16-,20-17-,27-25-,28-26-,32-31-. The summed E-state index contributed by atoms with van der Waals surface area (Å²) in [6.45, 7) is 6.55. The minimum Gasteiger partial charge on any atom is -0.462 e. The van der Waals surface area contributed by atoms with E-state index < -0.39 is 6.10 Å². The Morgan fingerprint density at radius 2 is 0.494 bits per heavy atom. The molecule has 0 aromatic carbocycles. The van der Waals surface area contributed by atoms with Crippen LogP contribution in [0, 0.1) is 0 Å². The van der Waals surface area contributed by atoms with Crippen molar-refractivity contribution in [1.82, 2.24) is 0 Å². The highest BCUT2D eigenvalue weighted by Gasteiger charge is 2.19. The number of hydrogen-bond acceptors (Lipinski definition) is 6. The van der Waals surface area contributed by atoms with Crippen molar-refractivity contribution in [1.29, 1.82) is 0 Å². The summed E-state index contributed by atoms with van der Waals surface area (Å²) in [6.07, 6.45) is 87.8.